The zero-order chi connectivity index (χ0) is 16.4. The van der Waals surface area contributed by atoms with Crippen molar-refractivity contribution in [3.05, 3.63) is 50.6 Å². The standard InChI is InChI=1S/C16H15Cl2NO3/c1-8-5-11(17)6-9(2)14(8)22-15-13(16(20)21-4)12(18)7-10(3)19-15/h5-7H,1-4H3. The number of carbonyl (C=O) groups is 1. The van der Waals surface area contributed by atoms with Crippen LogP contribution in [-0.2, 0) is 4.74 Å². The van der Waals surface area contributed by atoms with Crippen LogP contribution in [0.5, 0.6) is 11.6 Å². The molecule has 116 valence electrons. The number of nitrogens with zero attached hydrogens (tertiary/aromatic N) is 1. The lowest BCUT2D eigenvalue weighted by atomic mass is 10.1. The van der Waals surface area contributed by atoms with Gasteiger partial charge in [0.15, 0.2) is 0 Å². The van der Waals surface area contributed by atoms with Crippen LogP contribution in [0.15, 0.2) is 18.2 Å². The van der Waals surface area contributed by atoms with Gasteiger partial charge in [-0.1, -0.05) is 23.2 Å². The minimum absolute atomic E-state index is 0.100. The van der Waals surface area contributed by atoms with Crippen molar-refractivity contribution < 1.29 is 14.3 Å². The largest absolute Gasteiger partial charge is 0.465 e. The molecule has 0 N–H and O–H groups in total. The molecule has 0 aliphatic heterocycles. The Morgan fingerprint density at radius 3 is 2.23 bits per heavy atom. The summed E-state index contributed by atoms with van der Waals surface area (Å²) in [5.41, 5.74) is 2.40. The van der Waals surface area contributed by atoms with E-state index in [4.69, 9.17) is 32.7 Å². The third-order valence-corrected chi connectivity index (χ3v) is 3.60. The van der Waals surface area contributed by atoms with Gasteiger partial charge in [0.25, 0.3) is 0 Å². The number of benzene rings is 1. The van der Waals surface area contributed by atoms with Crippen molar-refractivity contribution in [3.8, 4) is 11.6 Å². The van der Waals surface area contributed by atoms with Crippen molar-refractivity contribution in [2.45, 2.75) is 20.8 Å². The number of carbonyl (C=O) groups excluding carboxylic acids is 1. The monoisotopic (exact) mass is 339 g/mol. The molecule has 0 atom stereocenters. The topological polar surface area (TPSA) is 48.4 Å². The molecule has 0 fully saturated rings. The van der Waals surface area contributed by atoms with Crippen molar-refractivity contribution in [2.75, 3.05) is 7.11 Å². The molecule has 22 heavy (non-hydrogen) atoms. The van der Waals surface area contributed by atoms with E-state index in [1.54, 1.807) is 25.1 Å². The summed E-state index contributed by atoms with van der Waals surface area (Å²) < 4.78 is 10.6. The highest BCUT2D eigenvalue weighted by Crippen LogP contribution is 2.34. The first-order valence-electron chi connectivity index (χ1n) is 6.53. The zero-order valence-electron chi connectivity index (χ0n) is 12.7. The highest BCUT2D eigenvalue weighted by atomic mass is 35.5. The molecule has 0 saturated carbocycles. The summed E-state index contributed by atoms with van der Waals surface area (Å²) in [5.74, 6) is 0.103. The summed E-state index contributed by atoms with van der Waals surface area (Å²) >= 11 is 12.2. The molecule has 2 rings (SSSR count). The number of aromatic nitrogens is 1. The molecule has 0 aliphatic rings. The summed E-state index contributed by atoms with van der Waals surface area (Å²) in [7, 11) is 1.28. The van der Waals surface area contributed by atoms with Gasteiger partial charge in [0.2, 0.25) is 5.88 Å². The van der Waals surface area contributed by atoms with Gasteiger partial charge in [-0.3, -0.25) is 0 Å². The number of rotatable bonds is 3. The fourth-order valence-corrected chi connectivity index (χ4v) is 2.77. The van der Waals surface area contributed by atoms with Crippen LogP contribution >= 0.6 is 23.2 Å². The number of aryl methyl sites for hydroxylation is 3. The van der Waals surface area contributed by atoms with Crippen LogP contribution in [0.1, 0.15) is 27.2 Å². The molecular weight excluding hydrogens is 325 g/mol. The van der Waals surface area contributed by atoms with Crippen molar-refractivity contribution in [2.24, 2.45) is 0 Å². The summed E-state index contributed by atoms with van der Waals surface area (Å²) in [4.78, 5) is 16.2. The maximum atomic E-state index is 11.9. The summed E-state index contributed by atoms with van der Waals surface area (Å²) in [5, 5.41) is 0.851. The Balaban J connectivity index is 2.57. The van der Waals surface area contributed by atoms with Crippen molar-refractivity contribution in [1.82, 2.24) is 4.98 Å². The molecule has 0 saturated heterocycles. The Labute approximate surface area is 139 Å². The van der Waals surface area contributed by atoms with E-state index in [1.807, 2.05) is 13.8 Å². The Bertz CT molecular complexity index is 721. The average Bonchev–Trinajstić information content (AvgIpc) is 2.41. The molecule has 0 unspecified atom stereocenters. The van der Waals surface area contributed by atoms with Gasteiger partial charge >= 0.3 is 5.97 Å². The highest BCUT2D eigenvalue weighted by molar-refractivity contribution is 6.34. The van der Waals surface area contributed by atoms with Crippen molar-refractivity contribution >= 4 is 29.2 Å². The summed E-state index contributed by atoms with van der Waals surface area (Å²) in [6, 6.07) is 5.14. The molecule has 1 heterocycles. The van der Waals surface area contributed by atoms with Crippen LogP contribution in [-0.4, -0.2) is 18.1 Å². The zero-order valence-corrected chi connectivity index (χ0v) is 14.2. The van der Waals surface area contributed by atoms with Gasteiger partial charge in [-0.15, -0.1) is 0 Å². The van der Waals surface area contributed by atoms with Crippen molar-refractivity contribution in [1.29, 1.82) is 0 Å². The van der Waals surface area contributed by atoms with Crippen molar-refractivity contribution in [3.63, 3.8) is 0 Å². The maximum absolute atomic E-state index is 11.9. The summed E-state index contributed by atoms with van der Waals surface area (Å²) in [6.45, 7) is 5.49. The molecule has 1 aromatic heterocycles. The van der Waals surface area contributed by atoms with E-state index in [0.29, 0.717) is 16.5 Å². The normalized spacial score (nSPS) is 10.5. The maximum Gasteiger partial charge on any atom is 0.344 e. The van der Waals surface area contributed by atoms with Crippen LogP contribution in [0.4, 0.5) is 0 Å². The van der Waals surface area contributed by atoms with Gasteiger partial charge in [0.1, 0.15) is 11.3 Å². The second-order valence-electron chi connectivity index (χ2n) is 4.89. The smallest absolute Gasteiger partial charge is 0.344 e. The van der Waals surface area contributed by atoms with Gasteiger partial charge in [0, 0.05) is 10.7 Å². The third-order valence-electron chi connectivity index (χ3n) is 3.08. The van der Waals surface area contributed by atoms with E-state index in [1.165, 1.54) is 7.11 Å². The number of hydrogen-bond donors (Lipinski definition) is 0. The first kappa shape index (κ1) is 16.6. The van der Waals surface area contributed by atoms with Gasteiger partial charge in [0.05, 0.1) is 12.1 Å². The fourth-order valence-electron chi connectivity index (χ4n) is 2.12. The van der Waals surface area contributed by atoms with E-state index in [0.717, 1.165) is 11.1 Å². The fraction of sp³-hybridized carbons (Fsp3) is 0.250. The SMILES string of the molecule is COC(=O)c1c(Cl)cc(C)nc1Oc1c(C)cc(Cl)cc1C. The number of ether oxygens (including phenoxy) is 2. The van der Waals surface area contributed by atoms with E-state index in [-0.39, 0.29) is 16.5 Å². The molecule has 1 aromatic carbocycles. The minimum Gasteiger partial charge on any atom is -0.465 e. The number of pyridine rings is 1. The van der Waals surface area contributed by atoms with Gasteiger partial charge in [-0.2, -0.15) is 0 Å². The summed E-state index contributed by atoms with van der Waals surface area (Å²) in [6.07, 6.45) is 0. The Hall–Kier alpha value is -1.78. The van der Waals surface area contributed by atoms with E-state index >= 15 is 0 Å². The Morgan fingerprint density at radius 1 is 1.09 bits per heavy atom. The van der Waals surface area contributed by atoms with Crippen LogP contribution in [0, 0.1) is 20.8 Å². The third kappa shape index (κ3) is 3.34. The first-order valence-corrected chi connectivity index (χ1v) is 7.29. The Kier molecular flexibility index (Phi) is 4.94. The number of methoxy groups -OCH3 is 1. The average molecular weight is 340 g/mol. The number of esters is 1. The second-order valence-corrected chi connectivity index (χ2v) is 5.73. The lowest BCUT2D eigenvalue weighted by Gasteiger charge is -2.15. The van der Waals surface area contributed by atoms with Crippen LogP contribution < -0.4 is 4.74 Å². The number of halogens is 2. The van der Waals surface area contributed by atoms with Crippen LogP contribution in [0.2, 0.25) is 10.0 Å². The van der Waals surface area contributed by atoms with Crippen LogP contribution in [0.25, 0.3) is 0 Å². The lowest BCUT2D eigenvalue weighted by molar-refractivity contribution is 0.0597. The molecule has 0 radical (unpaired) electrons. The van der Waals surface area contributed by atoms with Gasteiger partial charge < -0.3 is 9.47 Å². The molecule has 0 amide bonds. The van der Waals surface area contributed by atoms with E-state index in [2.05, 4.69) is 4.98 Å². The highest BCUT2D eigenvalue weighted by Gasteiger charge is 2.21. The molecule has 0 spiro atoms. The van der Waals surface area contributed by atoms with Gasteiger partial charge in [-0.05, 0) is 50.1 Å². The molecule has 4 nitrogen and oxygen atoms in total. The Morgan fingerprint density at radius 2 is 1.68 bits per heavy atom. The van der Waals surface area contributed by atoms with Crippen LogP contribution in [0.3, 0.4) is 0 Å². The quantitative estimate of drug-likeness (QED) is 0.746. The first-order chi connectivity index (χ1) is 10.3. The minimum atomic E-state index is -0.600. The predicted molar refractivity (Wildman–Crippen MR) is 86.3 cm³/mol. The second kappa shape index (κ2) is 6.55. The van der Waals surface area contributed by atoms with Gasteiger partial charge in [-0.25, -0.2) is 9.78 Å². The van der Waals surface area contributed by atoms with E-state index in [9.17, 15) is 4.79 Å². The predicted octanol–water partition coefficient (Wildman–Crippen LogP) is 4.89. The number of hydrogen-bond acceptors (Lipinski definition) is 4. The molecular formula is C16H15Cl2NO3. The van der Waals surface area contributed by atoms with E-state index < -0.39 is 5.97 Å². The molecule has 2 aromatic rings. The lowest BCUT2D eigenvalue weighted by Crippen LogP contribution is -2.08. The molecule has 0 aliphatic carbocycles. The molecule has 6 heteroatoms. The molecule has 0 bridgehead atoms.